The second-order valence-corrected chi connectivity index (χ2v) is 5.66. The molecule has 1 unspecified atom stereocenters. The minimum atomic E-state index is 0. The molecule has 0 aromatic rings. The minimum Gasteiger partial charge on any atom is -0.374 e. The van der Waals surface area contributed by atoms with E-state index in [4.69, 9.17) is 4.74 Å². The Kier molecular flexibility index (Phi) is 15.0. The van der Waals surface area contributed by atoms with E-state index >= 15 is 0 Å². The summed E-state index contributed by atoms with van der Waals surface area (Å²) in [5.41, 5.74) is 0. The van der Waals surface area contributed by atoms with Crippen LogP contribution in [0.3, 0.4) is 0 Å². The lowest BCUT2D eigenvalue weighted by atomic mass is 10.2. The molecule has 21 heavy (non-hydrogen) atoms. The molecule has 0 aliphatic carbocycles. The van der Waals surface area contributed by atoms with Gasteiger partial charge >= 0.3 is 0 Å². The van der Waals surface area contributed by atoms with Crippen LogP contribution in [0.1, 0.15) is 26.7 Å². The van der Waals surface area contributed by atoms with E-state index in [-0.39, 0.29) is 36.8 Å². The molecule has 1 saturated heterocycles. The van der Waals surface area contributed by atoms with Gasteiger partial charge in [0.25, 0.3) is 0 Å². The molecule has 0 spiro atoms. The molecule has 0 radical (unpaired) electrons. The smallest absolute Gasteiger partial charge is 0.220 e. The topological polar surface area (TPSA) is 53.6 Å². The van der Waals surface area contributed by atoms with Gasteiger partial charge in [-0.2, -0.15) is 0 Å². The van der Waals surface area contributed by atoms with Gasteiger partial charge in [0.2, 0.25) is 5.91 Å². The lowest BCUT2D eigenvalue weighted by Gasteiger charge is -2.33. The van der Waals surface area contributed by atoms with Gasteiger partial charge in [0.1, 0.15) is 0 Å². The van der Waals surface area contributed by atoms with Crippen molar-refractivity contribution in [3.63, 3.8) is 0 Å². The first kappa shape index (κ1) is 23.2. The molecule has 128 valence electrons. The first-order chi connectivity index (χ1) is 9.11. The van der Waals surface area contributed by atoms with Crippen molar-refractivity contribution in [1.29, 1.82) is 0 Å². The van der Waals surface area contributed by atoms with Crippen LogP contribution in [0.5, 0.6) is 0 Å². The normalized spacial score (nSPS) is 18.8. The van der Waals surface area contributed by atoms with Crippen molar-refractivity contribution in [2.75, 3.05) is 46.4 Å². The fourth-order valence-electron chi connectivity index (χ4n) is 2.33. The van der Waals surface area contributed by atoms with Gasteiger partial charge in [0, 0.05) is 32.6 Å². The third-order valence-corrected chi connectivity index (χ3v) is 3.20. The number of carbonyl (C=O) groups excluding carboxylic acids is 1. The number of rotatable bonds is 8. The lowest BCUT2D eigenvalue weighted by molar-refractivity contribution is -0.122. The Bertz CT molecular complexity index is 269. The Morgan fingerprint density at radius 2 is 2.10 bits per heavy atom. The SMILES string of the molecule is CNCCCC(=O)NCC1CN(CC(C)C)CCO1.Cl.Cl. The van der Waals surface area contributed by atoms with Crippen LogP contribution in [0.25, 0.3) is 0 Å². The molecule has 5 nitrogen and oxygen atoms in total. The van der Waals surface area contributed by atoms with Crippen molar-refractivity contribution in [3.05, 3.63) is 0 Å². The maximum atomic E-state index is 11.6. The van der Waals surface area contributed by atoms with E-state index in [1.807, 2.05) is 7.05 Å². The molecular formula is C14H31Cl2N3O2. The van der Waals surface area contributed by atoms with E-state index in [1.54, 1.807) is 0 Å². The van der Waals surface area contributed by atoms with Gasteiger partial charge < -0.3 is 15.4 Å². The maximum absolute atomic E-state index is 11.6. The highest BCUT2D eigenvalue weighted by Crippen LogP contribution is 2.07. The molecule has 0 aromatic heterocycles. The van der Waals surface area contributed by atoms with E-state index < -0.39 is 0 Å². The summed E-state index contributed by atoms with van der Waals surface area (Å²) in [4.78, 5) is 14.0. The molecule has 1 atom stereocenters. The van der Waals surface area contributed by atoms with Gasteiger partial charge in [-0.25, -0.2) is 0 Å². The molecule has 1 aliphatic heterocycles. The molecule has 1 fully saturated rings. The van der Waals surface area contributed by atoms with Crippen LogP contribution < -0.4 is 10.6 Å². The quantitative estimate of drug-likeness (QED) is 0.652. The number of morpholine rings is 1. The van der Waals surface area contributed by atoms with Gasteiger partial charge in [0.05, 0.1) is 12.7 Å². The van der Waals surface area contributed by atoms with Crippen molar-refractivity contribution in [2.24, 2.45) is 5.92 Å². The highest BCUT2D eigenvalue weighted by molar-refractivity contribution is 5.85. The number of amides is 1. The molecule has 0 saturated carbocycles. The molecular weight excluding hydrogens is 313 g/mol. The summed E-state index contributed by atoms with van der Waals surface area (Å²) in [6.07, 6.45) is 1.61. The molecule has 1 heterocycles. The molecule has 2 N–H and O–H groups in total. The summed E-state index contributed by atoms with van der Waals surface area (Å²) in [6.45, 7) is 9.78. The summed E-state index contributed by atoms with van der Waals surface area (Å²) < 4.78 is 5.70. The minimum absolute atomic E-state index is 0. The number of nitrogens with zero attached hydrogens (tertiary/aromatic N) is 1. The third-order valence-electron chi connectivity index (χ3n) is 3.20. The molecule has 1 aliphatic rings. The second kappa shape index (κ2) is 13.6. The fourth-order valence-corrected chi connectivity index (χ4v) is 2.33. The van der Waals surface area contributed by atoms with Gasteiger partial charge in [0.15, 0.2) is 0 Å². The highest BCUT2D eigenvalue weighted by Gasteiger charge is 2.21. The molecule has 0 bridgehead atoms. The number of nitrogens with one attached hydrogen (secondary N) is 2. The molecule has 1 amide bonds. The standard InChI is InChI=1S/C14H29N3O2.2ClH/c1-12(2)10-17-7-8-19-13(11-17)9-16-14(18)5-4-6-15-3;;/h12-13,15H,4-11H2,1-3H3,(H,16,18);2*1H. The third kappa shape index (κ3) is 11.2. The highest BCUT2D eigenvalue weighted by atomic mass is 35.5. The van der Waals surface area contributed by atoms with Gasteiger partial charge in [-0.15, -0.1) is 24.8 Å². The number of carbonyl (C=O) groups is 1. The zero-order chi connectivity index (χ0) is 14.1. The number of hydrogen-bond acceptors (Lipinski definition) is 4. The van der Waals surface area contributed by atoms with Gasteiger partial charge in [-0.05, 0) is 25.9 Å². The van der Waals surface area contributed by atoms with Crippen LogP contribution in [0.2, 0.25) is 0 Å². The first-order valence-electron chi connectivity index (χ1n) is 7.37. The van der Waals surface area contributed by atoms with Crippen molar-refractivity contribution in [2.45, 2.75) is 32.8 Å². The van der Waals surface area contributed by atoms with Crippen molar-refractivity contribution in [3.8, 4) is 0 Å². The Balaban J connectivity index is 0. The van der Waals surface area contributed by atoms with Crippen LogP contribution in [0.4, 0.5) is 0 Å². The van der Waals surface area contributed by atoms with Crippen LogP contribution >= 0.6 is 24.8 Å². The molecule has 1 rings (SSSR count). The van der Waals surface area contributed by atoms with Crippen LogP contribution in [0.15, 0.2) is 0 Å². The van der Waals surface area contributed by atoms with Crippen molar-refractivity contribution >= 4 is 30.7 Å². The number of hydrogen-bond donors (Lipinski definition) is 2. The molecule has 0 aromatic carbocycles. The monoisotopic (exact) mass is 343 g/mol. The predicted octanol–water partition coefficient (Wildman–Crippen LogP) is 1.30. The zero-order valence-corrected chi connectivity index (χ0v) is 15.0. The number of halogens is 2. The van der Waals surface area contributed by atoms with E-state index in [0.29, 0.717) is 18.9 Å². The Labute approximate surface area is 141 Å². The van der Waals surface area contributed by atoms with Crippen LogP contribution in [-0.2, 0) is 9.53 Å². The summed E-state index contributed by atoms with van der Waals surface area (Å²) in [6, 6.07) is 0. The van der Waals surface area contributed by atoms with Gasteiger partial charge in [-0.1, -0.05) is 13.8 Å². The lowest BCUT2D eigenvalue weighted by Crippen LogP contribution is -2.48. The largest absolute Gasteiger partial charge is 0.374 e. The summed E-state index contributed by atoms with van der Waals surface area (Å²) in [5.74, 6) is 0.801. The van der Waals surface area contributed by atoms with E-state index in [2.05, 4.69) is 29.4 Å². The predicted molar refractivity (Wildman–Crippen MR) is 91.7 cm³/mol. The van der Waals surface area contributed by atoms with Crippen LogP contribution in [-0.4, -0.2) is 63.3 Å². The Morgan fingerprint density at radius 1 is 1.38 bits per heavy atom. The maximum Gasteiger partial charge on any atom is 0.220 e. The summed E-state index contributed by atoms with van der Waals surface area (Å²) >= 11 is 0. The summed E-state index contributed by atoms with van der Waals surface area (Å²) in [7, 11) is 1.90. The zero-order valence-electron chi connectivity index (χ0n) is 13.4. The average molecular weight is 344 g/mol. The fraction of sp³-hybridized carbons (Fsp3) is 0.929. The summed E-state index contributed by atoms with van der Waals surface area (Å²) in [5, 5.41) is 6.01. The molecule has 7 heteroatoms. The second-order valence-electron chi connectivity index (χ2n) is 5.66. The van der Waals surface area contributed by atoms with Gasteiger partial charge in [-0.3, -0.25) is 9.69 Å². The average Bonchev–Trinajstić information content (AvgIpc) is 2.36. The van der Waals surface area contributed by atoms with E-state index in [1.165, 1.54) is 0 Å². The van der Waals surface area contributed by atoms with E-state index in [0.717, 1.165) is 39.2 Å². The Morgan fingerprint density at radius 3 is 2.71 bits per heavy atom. The van der Waals surface area contributed by atoms with Crippen molar-refractivity contribution in [1.82, 2.24) is 15.5 Å². The number of ether oxygens (including phenoxy) is 1. The van der Waals surface area contributed by atoms with E-state index in [9.17, 15) is 4.79 Å². The van der Waals surface area contributed by atoms with Crippen molar-refractivity contribution < 1.29 is 9.53 Å². The van der Waals surface area contributed by atoms with Crippen LogP contribution in [0, 0.1) is 5.92 Å². The first-order valence-corrected chi connectivity index (χ1v) is 7.37. The Hall–Kier alpha value is -0.0700.